The van der Waals surface area contributed by atoms with Crippen LogP contribution in [0.3, 0.4) is 0 Å². The third-order valence-corrected chi connectivity index (χ3v) is 6.29. The molecule has 0 spiro atoms. The summed E-state index contributed by atoms with van der Waals surface area (Å²) in [6.07, 6.45) is 1.94. The van der Waals surface area contributed by atoms with Gasteiger partial charge in [-0.05, 0) is 31.3 Å². The van der Waals surface area contributed by atoms with Gasteiger partial charge in [-0.2, -0.15) is 0 Å². The average Bonchev–Trinajstić information content (AvgIpc) is 3.20. The molecular weight excluding hydrogens is 430 g/mol. The summed E-state index contributed by atoms with van der Waals surface area (Å²) < 4.78 is 5.37. The van der Waals surface area contributed by atoms with Crippen LogP contribution in [-0.4, -0.2) is 68.6 Å². The molecule has 1 unspecified atom stereocenters. The Bertz CT molecular complexity index is 993. The molecule has 4 rings (SSSR count). The third kappa shape index (κ3) is 4.81. The van der Waals surface area contributed by atoms with Crippen molar-refractivity contribution in [3.63, 3.8) is 0 Å². The molecular formula is C23H28ClN5O3. The summed E-state index contributed by atoms with van der Waals surface area (Å²) >= 11 is 6.12. The summed E-state index contributed by atoms with van der Waals surface area (Å²) in [6.45, 7) is 4.44. The number of anilines is 2. The van der Waals surface area contributed by atoms with E-state index in [4.69, 9.17) is 16.3 Å². The lowest BCUT2D eigenvalue weighted by molar-refractivity contribution is -0.126. The van der Waals surface area contributed by atoms with E-state index in [-0.39, 0.29) is 18.2 Å². The molecule has 3 heterocycles. The molecule has 9 heteroatoms. The molecule has 0 saturated carbocycles. The number of halogens is 1. The number of pyridine rings is 1. The van der Waals surface area contributed by atoms with E-state index in [0.29, 0.717) is 29.5 Å². The molecule has 2 amide bonds. The van der Waals surface area contributed by atoms with Crippen molar-refractivity contribution >= 4 is 34.9 Å². The second-order valence-electron chi connectivity index (χ2n) is 8.22. The van der Waals surface area contributed by atoms with E-state index in [2.05, 4.69) is 27.1 Å². The Morgan fingerprint density at radius 2 is 2.03 bits per heavy atom. The number of nitrogens with zero attached hydrogens (tertiary/aromatic N) is 4. The summed E-state index contributed by atoms with van der Waals surface area (Å²) in [5, 5.41) is 3.52. The van der Waals surface area contributed by atoms with Crippen molar-refractivity contribution < 1.29 is 14.3 Å². The van der Waals surface area contributed by atoms with Crippen LogP contribution in [-0.2, 0) is 16.1 Å². The lowest BCUT2D eigenvalue weighted by Gasteiger charge is -2.34. The summed E-state index contributed by atoms with van der Waals surface area (Å²) in [4.78, 5) is 36.2. The summed E-state index contributed by atoms with van der Waals surface area (Å²) in [6, 6.07) is 8.99. The minimum Gasteiger partial charge on any atom is -0.495 e. The van der Waals surface area contributed by atoms with Crippen molar-refractivity contribution in [1.82, 2.24) is 15.2 Å². The molecule has 0 bridgehead atoms. The maximum Gasteiger partial charge on any atom is 0.227 e. The van der Waals surface area contributed by atoms with Gasteiger partial charge < -0.3 is 24.8 Å². The average molecular weight is 458 g/mol. The highest BCUT2D eigenvalue weighted by Crippen LogP contribution is 2.35. The fourth-order valence-corrected chi connectivity index (χ4v) is 4.35. The molecule has 0 radical (unpaired) electrons. The molecule has 1 aromatic carbocycles. The molecule has 32 heavy (non-hydrogen) atoms. The summed E-state index contributed by atoms with van der Waals surface area (Å²) in [5.41, 5.74) is 1.56. The first-order chi connectivity index (χ1) is 15.5. The maximum atomic E-state index is 12.9. The van der Waals surface area contributed by atoms with E-state index in [1.807, 2.05) is 12.1 Å². The number of hydrogen-bond acceptors (Lipinski definition) is 6. The van der Waals surface area contributed by atoms with Gasteiger partial charge in [0.15, 0.2) is 0 Å². The van der Waals surface area contributed by atoms with Crippen LogP contribution in [0.2, 0.25) is 5.02 Å². The standard InChI is InChI=1S/C23H28ClN5O3/c1-27-8-10-28(11-9-27)22-16(4-3-7-25-22)14-26-23(31)17-12-21(30)29(15-17)19-13-18(24)5-6-20(19)32-2/h3-7,13,17H,8-12,14-15H2,1-2H3,(H,26,31). The van der Waals surface area contributed by atoms with E-state index in [1.54, 1.807) is 36.4 Å². The van der Waals surface area contributed by atoms with Crippen molar-refractivity contribution in [2.75, 3.05) is 56.7 Å². The van der Waals surface area contributed by atoms with Gasteiger partial charge in [0.25, 0.3) is 0 Å². The molecule has 2 aliphatic heterocycles. The molecule has 170 valence electrons. The summed E-state index contributed by atoms with van der Waals surface area (Å²) in [5.74, 6) is 0.764. The summed E-state index contributed by atoms with van der Waals surface area (Å²) in [7, 11) is 3.66. The molecule has 2 saturated heterocycles. The highest BCUT2D eigenvalue weighted by atomic mass is 35.5. The topological polar surface area (TPSA) is 78.0 Å². The minimum absolute atomic E-state index is 0.120. The Balaban J connectivity index is 1.41. The lowest BCUT2D eigenvalue weighted by Crippen LogP contribution is -2.45. The number of piperazine rings is 1. The van der Waals surface area contributed by atoms with E-state index >= 15 is 0 Å². The minimum atomic E-state index is -0.435. The number of amides is 2. The van der Waals surface area contributed by atoms with E-state index in [9.17, 15) is 9.59 Å². The van der Waals surface area contributed by atoms with Crippen LogP contribution in [0.4, 0.5) is 11.5 Å². The van der Waals surface area contributed by atoms with Crippen LogP contribution < -0.4 is 19.9 Å². The largest absolute Gasteiger partial charge is 0.495 e. The normalized spacial score (nSPS) is 19.3. The third-order valence-electron chi connectivity index (χ3n) is 6.05. The Morgan fingerprint density at radius 1 is 1.25 bits per heavy atom. The monoisotopic (exact) mass is 457 g/mol. The van der Waals surface area contributed by atoms with Gasteiger partial charge in [0.05, 0.1) is 18.7 Å². The van der Waals surface area contributed by atoms with Gasteiger partial charge in [0.2, 0.25) is 11.8 Å². The number of nitrogens with one attached hydrogen (secondary N) is 1. The number of carbonyl (C=O) groups is 2. The van der Waals surface area contributed by atoms with Crippen molar-refractivity contribution in [3.8, 4) is 5.75 Å². The first-order valence-corrected chi connectivity index (χ1v) is 11.1. The number of carbonyl (C=O) groups excluding carboxylic acids is 2. The molecule has 1 aromatic heterocycles. The number of aromatic nitrogens is 1. The zero-order valence-electron chi connectivity index (χ0n) is 18.4. The zero-order valence-corrected chi connectivity index (χ0v) is 19.1. The molecule has 0 aliphatic carbocycles. The number of rotatable bonds is 6. The van der Waals surface area contributed by atoms with Gasteiger partial charge in [-0.3, -0.25) is 9.59 Å². The van der Waals surface area contributed by atoms with Gasteiger partial charge in [0.1, 0.15) is 11.6 Å². The van der Waals surface area contributed by atoms with Crippen molar-refractivity contribution in [2.24, 2.45) is 5.92 Å². The Labute approximate surface area is 193 Å². The number of ether oxygens (including phenoxy) is 1. The first kappa shape index (κ1) is 22.4. The maximum absolute atomic E-state index is 12.9. The number of methoxy groups -OCH3 is 1. The predicted octanol–water partition coefficient (Wildman–Crippen LogP) is 2.16. The molecule has 1 atom stereocenters. The molecule has 2 fully saturated rings. The van der Waals surface area contributed by atoms with Gasteiger partial charge in [-0.25, -0.2) is 4.98 Å². The van der Waals surface area contributed by atoms with Crippen molar-refractivity contribution in [2.45, 2.75) is 13.0 Å². The van der Waals surface area contributed by atoms with Crippen molar-refractivity contribution in [3.05, 3.63) is 47.1 Å². The SMILES string of the molecule is COc1ccc(Cl)cc1N1CC(C(=O)NCc2cccnc2N2CCN(C)CC2)CC1=O. The molecule has 2 aromatic rings. The molecule has 1 N–H and O–H groups in total. The van der Waals surface area contributed by atoms with E-state index < -0.39 is 5.92 Å². The Hall–Kier alpha value is -2.84. The van der Waals surface area contributed by atoms with Crippen LogP contribution in [0.1, 0.15) is 12.0 Å². The van der Waals surface area contributed by atoms with Gasteiger partial charge in [0, 0.05) is 62.5 Å². The quantitative estimate of drug-likeness (QED) is 0.716. The second-order valence-corrected chi connectivity index (χ2v) is 8.65. The number of likely N-dealkylation sites (N-methyl/N-ethyl adjacent to an activating group) is 1. The predicted molar refractivity (Wildman–Crippen MR) is 124 cm³/mol. The fourth-order valence-electron chi connectivity index (χ4n) is 4.19. The van der Waals surface area contributed by atoms with Crippen LogP contribution >= 0.6 is 11.6 Å². The lowest BCUT2D eigenvalue weighted by atomic mass is 10.1. The van der Waals surface area contributed by atoms with Gasteiger partial charge >= 0.3 is 0 Å². The van der Waals surface area contributed by atoms with Crippen LogP contribution in [0, 0.1) is 5.92 Å². The van der Waals surface area contributed by atoms with Crippen LogP contribution in [0.5, 0.6) is 5.75 Å². The molecule has 2 aliphatic rings. The second kappa shape index (κ2) is 9.75. The van der Waals surface area contributed by atoms with Gasteiger partial charge in [-0.1, -0.05) is 17.7 Å². The van der Waals surface area contributed by atoms with Gasteiger partial charge in [-0.15, -0.1) is 0 Å². The van der Waals surface area contributed by atoms with Crippen molar-refractivity contribution in [1.29, 1.82) is 0 Å². The Kier molecular flexibility index (Phi) is 6.81. The smallest absolute Gasteiger partial charge is 0.227 e. The number of hydrogen-bond donors (Lipinski definition) is 1. The molecule has 8 nitrogen and oxygen atoms in total. The van der Waals surface area contributed by atoms with E-state index in [1.165, 1.54) is 0 Å². The zero-order chi connectivity index (χ0) is 22.7. The highest BCUT2D eigenvalue weighted by Gasteiger charge is 2.36. The van der Waals surface area contributed by atoms with Crippen LogP contribution in [0.15, 0.2) is 36.5 Å². The highest BCUT2D eigenvalue weighted by molar-refractivity contribution is 6.31. The first-order valence-electron chi connectivity index (χ1n) is 10.7. The Morgan fingerprint density at radius 3 is 2.78 bits per heavy atom. The number of benzene rings is 1. The fraction of sp³-hybridized carbons (Fsp3) is 0.435. The van der Waals surface area contributed by atoms with E-state index in [0.717, 1.165) is 37.6 Å². The van der Waals surface area contributed by atoms with Crippen LogP contribution in [0.25, 0.3) is 0 Å².